The van der Waals surface area contributed by atoms with Crippen molar-refractivity contribution >= 4 is 17.6 Å². The molecule has 0 bridgehead atoms. The summed E-state index contributed by atoms with van der Waals surface area (Å²) in [5.74, 6) is -2.59. The smallest absolute Gasteiger partial charge is 0.346 e. The third-order valence-corrected chi connectivity index (χ3v) is 4.22. The lowest BCUT2D eigenvalue weighted by atomic mass is 9.93. The Morgan fingerprint density at radius 1 is 1.15 bits per heavy atom. The zero-order valence-electron chi connectivity index (χ0n) is 14.4. The van der Waals surface area contributed by atoms with E-state index < -0.39 is 39.8 Å². The van der Waals surface area contributed by atoms with Gasteiger partial charge in [0.25, 0.3) is 5.69 Å². The number of nitro benzene ring substituents is 1. The lowest BCUT2D eigenvalue weighted by Crippen LogP contribution is -2.25. The average molecular weight is 357 g/mol. The zero-order valence-corrected chi connectivity index (χ0v) is 14.4. The highest BCUT2D eigenvalue weighted by atomic mass is 16.6. The van der Waals surface area contributed by atoms with Crippen LogP contribution in [0.1, 0.15) is 52.5 Å². The number of carbonyl (C=O) groups excluding carboxylic acids is 1. The Kier molecular flexibility index (Phi) is 6.06. The summed E-state index contributed by atoms with van der Waals surface area (Å²) in [5.41, 5.74) is -0.625. The summed E-state index contributed by atoms with van der Waals surface area (Å²) in [4.78, 5) is 34.4. The number of nitrogens with zero attached hydrogens (tertiary/aromatic N) is 1. The maximum absolute atomic E-state index is 12.6. The summed E-state index contributed by atoms with van der Waals surface area (Å²) in [6.07, 6.45) is -0.0727. The lowest BCUT2D eigenvalue weighted by molar-refractivity contribution is -0.385. The van der Waals surface area contributed by atoms with Crippen molar-refractivity contribution < 1.29 is 24.4 Å². The molecule has 2 rings (SSSR count). The van der Waals surface area contributed by atoms with Gasteiger partial charge in [-0.2, -0.15) is 0 Å². The number of benzene rings is 2. The van der Waals surface area contributed by atoms with Gasteiger partial charge in [-0.05, 0) is 18.1 Å². The van der Waals surface area contributed by atoms with Gasteiger partial charge in [0.1, 0.15) is 6.10 Å². The number of esters is 1. The summed E-state index contributed by atoms with van der Waals surface area (Å²) in [5, 5.41) is 20.5. The van der Waals surface area contributed by atoms with Gasteiger partial charge >= 0.3 is 11.9 Å². The molecule has 0 unspecified atom stereocenters. The van der Waals surface area contributed by atoms with E-state index in [9.17, 15) is 24.8 Å². The molecule has 2 aromatic carbocycles. The number of hydrogen-bond acceptors (Lipinski definition) is 5. The van der Waals surface area contributed by atoms with Crippen molar-refractivity contribution in [1.82, 2.24) is 0 Å². The Hall–Kier alpha value is -3.22. The van der Waals surface area contributed by atoms with E-state index in [1.165, 1.54) is 6.07 Å². The fourth-order valence-corrected chi connectivity index (χ4v) is 2.79. The molecule has 136 valence electrons. The van der Waals surface area contributed by atoms with Gasteiger partial charge in [0.05, 0.1) is 10.5 Å². The minimum Gasteiger partial charge on any atom is -0.478 e. The van der Waals surface area contributed by atoms with E-state index in [1.54, 1.807) is 0 Å². The fourth-order valence-electron chi connectivity index (χ4n) is 2.79. The van der Waals surface area contributed by atoms with Crippen molar-refractivity contribution in [2.75, 3.05) is 0 Å². The highest BCUT2D eigenvalue weighted by molar-refractivity contribution is 6.05. The van der Waals surface area contributed by atoms with Crippen LogP contribution in [0.5, 0.6) is 0 Å². The summed E-state index contributed by atoms with van der Waals surface area (Å²) in [6, 6.07) is 12.9. The number of ether oxygens (including phenoxy) is 1. The van der Waals surface area contributed by atoms with E-state index in [0.29, 0.717) is 6.42 Å². The molecule has 0 spiro atoms. The molecule has 0 saturated carbocycles. The highest BCUT2D eigenvalue weighted by Gasteiger charge is 2.31. The van der Waals surface area contributed by atoms with Crippen LogP contribution in [0.3, 0.4) is 0 Å². The molecule has 1 N–H and O–H groups in total. The number of carboxylic acid groups (broad SMARTS) is 1. The minimum absolute atomic E-state index is 0.152. The molecule has 26 heavy (non-hydrogen) atoms. The summed E-state index contributed by atoms with van der Waals surface area (Å²) >= 11 is 0. The van der Waals surface area contributed by atoms with E-state index in [0.717, 1.165) is 17.7 Å². The number of rotatable bonds is 7. The zero-order chi connectivity index (χ0) is 19.3. The van der Waals surface area contributed by atoms with Gasteiger partial charge in [-0.1, -0.05) is 50.2 Å². The van der Waals surface area contributed by atoms with Crippen LogP contribution >= 0.6 is 0 Å². The molecule has 0 heterocycles. The first kappa shape index (κ1) is 19.1. The predicted octanol–water partition coefficient (Wildman–Crippen LogP) is 4.03. The molecule has 7 nitrogen and oxygen atoms in total. The summed E-state index contributed by atoms with van der Waals surface area (Å²) in [7, 11) is 0. The molecule has 0 aliphatic heterocycles. The second-order valence-corrected chi connectivity index (χ2v) is 5.81. The molecule has 0 amide bonds. The Morgan fingerprint density at radius 2 is 1.81 bits per heavy atom. The topological polar surface area (TPSA) is 107 Å². The lowest BCUT2D eigenvalue weighted by Gasteiger charge is -2.23. The number of nitro groups is 1. The van der Waals surface area contributed by atoms with Crippen LogP contribution in [0, 0.1) is 10.1 Å². The van der Waals surface area contributed by atoms with E-state index >= 15 is 0 Å². The second-order valence-electron chi connectivity index (χ2n) is 5.81. The van der Waals surface area contributed by atoms with Crippen molar-refractivity contribution in [2.45, 2.75) is 32.3 Å². The van der Waals surface area contributed by atoms with Crippen LogP contribution in [-0.4, -0.2) is 28.1 Å². The monoisotopic (exact) mass is 357 g/mol. The normalized spacial score (nSPS) is 12.8. The quantitative estimate of drug-likeness (QED) is 0.455. The maximum Gasteiger partial charge on any atom is 0.346 e. The molecule has 0 fully saturated rings. The van der Waals surface area contributed by atoms with Crippen molar-refractivity contribution in [3.63, 3.8) is 0 Å². The molecular formula is C19H19NO6. The standard InChI is InChI=1S/C19H19NO6/c1-3-16(12(2)13-8-5-4-6-9-13)26-19(23)17-14(18(21)22)10-7-11-15(17)20(24)25/h4-12,16H,3H2,1-2H3,(H,21,22)/t12-,16-/m1/s1. The van der Waals surface area contributed by atoms with Gasteiger partial charge in [-0.15, -0.1) is 0 Å². The molecule has 2 atom stereocenters. The van der Waals surface area contributed by atoms with Gasteiger partial charge in [0, 0.05) is 12.0 Å². The van der Waals surface area contributed by atoms with Gasteiger partial charge < -0.3 is 9.84 Å². The Bertz CT molecular complexity index is 786. The summed E-state index contributed by atoms with van der Waals surface area (Å²) < 4.78 is 5.48. The van der Waals surface area contributed by atoms with E-state index in [2.05, 4.69) is 0 Å². The molecule has 0 aliphatic carbocycles. The SMILES string of the molecule is CC[C@@H](OC(=O)c1c(C(=O)O)cccc1[N+](=O)[O-])[C@H](C)c1ccccc1. The largest absolute Gasteiger partial charge is 0.478 e. The van der Waals surface area contributed by atoms with Crippen LogP contribution in [-0.2, 0) is 4.74 Å². The Balaban J connectivity index is 2.36. The van der Waals surface area contributed by atoms with Crippen molar-refractivity contribution in [1.29, 1.82) is 0 Å². The molecule has 0 aliphatic rings. The van der Waals surface area contributed by atoms with Crippen LogP contribution in [0.15, 0.2) is 48.5 Å². The minimum atomic E-state index is -1.43. The predicted molar refractivity (Wildman–Crippen MR) is 94.4 cm³/mol. The number of hydrogen-bond donors (Lipinski definition) is 1. The van der Waals surface area contributed by atoms with Gasteiger partial charge in [-0.25, -0.2) is 9.59 Å². The molecule has 7 heteroatoms. The Morgan fingerprint density at radius 3 is 2.35 bits per heavy atom. The van der Waals surface area contributed by atoms with Crippen LogP contribution in [0.25, 0.3) is 0 Å². The van der Waals surface area contributed by atoms with Crippen LogP contribution in [0.2, 0.25) is 0 Å². The molecule has 0 saturated heterocycles. The third-order valence-electron chi connectivity index (χ3n) is 4.22. The van der Waals surface area contributed by atoms with Gasteiger partial charge in [-0.3, -0.25) is 10.1 Å². The number of aromatic carboxylic acids is 1. The maximum atomic E-state index is 12.6. The van der Waals surface area contributed by atoms with Crippen LogP contribution < -0.4 is 0 Å². The van der Waals surface area contributed by atoms with Crippen LogP contribution in [0.4, 0.5) is 5.69 Å². The molecule has 0 radical (unpaired) electrons. The fraction of sp³-hybridized carbons (Fsp3) is 0.263. The first-order valence-electron chi connectivity index (χ1n) is 8.13. The van der Waals surface area contributed by atoms with E-state index in [-0.39, 0.29) is 5.92 Å². The number of carbonyl (C=O) groups is 2. The number of carboxylic acids is 1. The van der Waals surface area contributed by atoms with E-state index in [1.807, 2.05) is 44.2 Å². The first-order chi connectivity index (χ1) is 12.4. The van der Waals surface area contributed by atoms with Gasteiger partial charge in [0.15, 0.2) is 5.56 Å². The second kappa shape index (κ2) is 8.24. The third kappa shape index (κ3) is 4.05. The van der Waals surface area contributed by atoms with Crippen molar-refractivity contribution in [3.05, 3.63) is 75.3 Å². The van der Waals surface area contributed by atoms with Crippen molar-refractivity contribution in [2.24, 2.45) is 0 Å². The highest BCUT2D eigenvalue weighted by Crippen LogP contribution is 2.28. The Labute approximate surface area is 150 Å². The van der Waals surface area contributed by atoms with E-state index in [4.69, 9.17) is 4.74 Å². The van der Waals surface area contributed by atoms with Crippen molar-refractivity contribution in [3.8, 4) is 0 Å². The average Bonchev–Trinajstić information content (AvgIpc) is 2.65. The first-order valence-corrected chi connectivity index (χ1v) is 8.13. The molecule has 2 aromatic rings. The van der Waals surface area contributed by atoms with Gasteiger partial charge in [0.2, 0.25) is 0 Å². The molecular weight excluding hydrogens is 338 g/mol. The molecule has 0 aromatic heterocycles. The summed E-state index contributed by atoms with van der Waals surface area (Å²) in [6.45, 7) is 3.71.